The van der Waals surface area contributed by atoms with Gasteiger partial charge in [-0.15, -0.1) is 0 Å². The summed E-state index contributed by atoms with van der Waals surface area (Å²) in [4.78, 5) is 58.1. The lowest BCUT2D eigenvalue weighted by atomic mass is 10.0. The van der Waals surface area contributed by atoms with Crippen molar-refractivity contribution in [3.63, 3.8) is 0 Å². The molecule has 0 aliphatic rings. The zero-order valence-corrected chi connectivity index (χ0v) is 18.6. The van der Waals surface area contributed by atoms with Gasteiger partial charge in [0.1, 0.15) is 11.5 Å². The molecule has 0 heterocycles. The maximum Gasteiger partial charge on any atom is 0.416 e. The SMILES string of the molecule is COC(=O)C(C)OC(=O)C(=O)CC(=O)c1cc(Oc2ccc(C(F)(F)F)cc2Cl)ccc1[N+](=O)[O-]. The van der Waals surface area contributed by atoms with E-state index in [0.717, 1.165) is 38.3 Å². The Labute approximate surface area is 199 Å². The molecule has 0 saturated carbocycles. The summed E-state index contributed by atoms with van der Waals surface area (Å²) < 4.78 is 52.6. The van der Waals surface area contributed by atoms with Gasteiger partial charge in [-0.1, -0.05) is 11.6 Å². The average Bonchev–Trinajstić information content (AvgIpc) is 2.78. The molecule has 0 aromatic heterocycles. The van der Waals surface area contributed by atoms with E-state index in [4.69, 9.17) is 16.3 Å². The maximum absolute atomic E-state index is 12.8. The molecule has 0 spiro atoms. The van der Waals surface area contributed by atoms with E-state index in [1.165, 1.54) is 0 Å². The molecule has 1 atom stereocenters. The van der Waals surface area contributed by atoms with Crippen LogP contribution in [0.25, 0.3) is 0 Å². The van der Waals surface area contributed by atoms with Crippen LogP contribution in [0, 0.1) is 10.1 Å². The third kappa shape index (κ3) is 6.99. The highest BCUT2D eigenvalue weighted by Gasteiger charge is 2.31. The van der Waals surface area contributed by atoms with Gasteiger partial charge in [-0.2, -0.15) is 13.2 Å². The summed E-state index contributed by atoms with van der Waals surface area (Å²) in [5.41, 5.74) is -2.40. The number of hydrogen-bond acceptors (Lipinski definition) is 9. The van der Waals surface area contributed by atoms with Gasteiger partial charge in [0.05, 0.1) is 34.6 Å². The average molecular weight is 518 g/mol. The van der Waals surface area contributed by atoms with Crippen molar-refractivity contribution in [1.29, 1.82) is 0 Å². The lowest BCUT2D eigenvalue weighted by molar-refractivity contribution is -0.385. The second kappa shape index (κ2) is 11.0. The second-order valence-electron chi connectivity index (χ2n) is 6.77. The fourth-order valence-corrected chi connectivity index (χ4v) is 2.82. The summed E-state index contributed by atoms with van der Waals surface area (Å²) in [6.07, 6.45) is -7.23. The van der Waals surface area contributed by atoms with Crippen molar-refractivity contribution in [2.24, 2.45) is 0 Å². The first-order valence-corrected chi connectivity index (χ1v) is 9.80. The molecule has 35 heavy (non-hydrogen) atoms. The van der Waals surface area contributed by atoms with Crippen LogP contribution in [-0.2, 0) is 30.0 Å². The van der Waals surface area contributed by atoms with Crippen molar-refractivity contribution in [2.45, 2.75) is 25.6 Å². The monoisotopic (exact) mass is 517 g/mol. The summed E-state index contributed by atoms with van der Waals surface area (Å²) >= 11 is 5.82. The number of nitrogens with zero attached hydrogens (tertiary/aromatic N) is 1. The number of ether oxygens (including phenoxy) is 3. The number of carbonyl (C=O) groups is 4. The van der Waals surface area contributed by atoms with Gasteiger partial charge in [-0.3, -0.25) is 19.7 Å². The summed E-state index contributed by atoms with van der Waals surface area (Å²) in [5, 5.41) is 10.9. The van der Waals surface area contributed by atoms with Crippen LogP contribution in [-0.4, -0.2) is 41.6 Å². The highest BCUT2D eigenvalue weighted by Crippen LogP contribution is 2.37. The van der Waals surface area contributed by atoms with Crippen molar-refractivity contribution in [1.82, 2.24) is 0 Å². The first kappa shape index (κ1) is 27.2. The van der Waals surface area contributed by atoms with Crippen molar-refractivity contribution in [3.8, 4) is 11.5 Å². The molecular formula is C21H15ClF3NO9. The largest absolute Gasteiger partial charge is 0.466 e. The minimum Gasteiger partial charge on any atom is -0.466 e. The number of hydrogen-bond donors (Lipinski definition) is 0. The molecule has 14 heteroatoms. The van der Waals surface area contributed by atoms with Crippen LogP contribution < -0.4 is 4.74 Å². The minimum atomic E-state index is -4.66. The van der Waals surface area contributed by atoms with E-state index < -0.39 is 69.0 Å². The standard InChI is InChI=1S/C21H15ClF3NO9/c1-10(19(29)33-2)34-20(30)17(28)9-16(27)13-8-12(4-5-15(13)26(31)32)35-18-6-3-11(7-14(18)22)21(23,24)25/h3-8,10H,9H2,1-2H3. The van der Waals surface area contributed by atoms with Gasteiger partial charge in [-0.05, 0) is 37.3 Å². The molecule has 0 fully saturated rings. The molecule has 2 aromatic carbocycles. The zero-order chi connectivity index (χ0) is 26.5. The van der Waals surface area contributed by atoms with E-state index in [0.29, 0.717) is 12.1 Å². The topological polar surface area (TPSA) is 139 Å². The van der Waals surface area contributed by atoms with Gasteiger partial charge in [0.2, 0.25) is 5.78 Å². The molecule has 10 nitrogen and oxygen atoms in total. The van der Waals surface area contributed by atoms with Crippen LogP contribution >= 0.6 is 11.6 Å². The smallest absolute Gasteiger partial charge is 0.416 e. The van der Waals surface area contributed by atoms with E-state index in [1.807, 2.05) is 0 Å². The fourth-order valence-electron chi connectivity index (χ4n) is 2.60. The number of alkyl halides is 3. The highest BCUT2D eigenvalue weighted by molar-refractivity contribution is 6.38. The van der Waals surface area contributed by atoms with Crippen molar-refractivity contribution < 1.29 is 51.5 Å². The number of halogens is 4. The molecule has 0 amide bonds. The van der Waals surface area contributed by atoms with E-state index in [9.17, 15) is 42.5 Å². The number of nitro groups is 1. The Balaban J connectivity index is 2.27. The van der Waals surface area contributed by atoms with Crippen molar-refractivity contribution in [3.05, 3.63) is 62.7 Å². The van der Waals surface area contributed by atoms with E-state index in [-0.39, 0.29) is 11.5 Å². The van der Waals surface area contributed by atoms with E-state index in [2.05, 4.69) is 9.47 Å². The lowest BCUT2D eigenvalue weighted by Gasteiger charge is -2.12. The molecule has 0 radical (unpaired) electrons. The van der Waals surface area contributed by atoms with Crippen molar-refractivity contribution >= 4 is 40.8 Å². The maximum atomic E-state index is 12.8. The normalized spacial score (nSPS) is 11.8. The summed E-state index contributed by atoms with van der Waals surface area (Å²) in [7, 11) is 1.02. The summed E-state index contributed by atoms with van der Waals surface area (Å²) in [6.45, 7) is 1.12. The molecule has 0 N–H and O–H groups in total. The number of esters is 2. The first-order valence-electron chi connectivity index (χ1n) is 9.42. The number of ketones is 2. The molecule has 0 bridgehead atoms. The molecule has 0 aliphatic carbocycles. The molecule has 0 aliphatic heterocycles. The Morgan fingerprint density at radius 2 is 1.77 bits per heavy atom. The number of Topliss-reactive ketones (excluding diaryl/α,β-unsaturated/α-hetero) is 2. The Hall–Kier alpha value is -4.00. The van der Waals surface area contributed by atoms with Gasteiger partial charge in [0.25, 0.3) is 5.69 Å². The van der Waals surface area contributed by atoms with Crippen LogP contribution in [0.5, 0.6) is 11.5 Å². The summed E-state index contributed by atoms with van der Waals surface area (Å²) in [6, 6.07) is 4.99. The van der Waals surface area contributed by atoms with Gasteiger partial charge >= 0.3 is 18.1 Å². The molecule has 2 rings (SSSR count). The van der Waals surface area contributed by atoms with Gasteiger partial charge < -0.3 is 14.2 Å². The number of methoxy groups -OCH3 is 1. The molecular weight excluding hydrogens is 503 g/mol. The van der Waals surface area contributed by atoms with Crippen molar-refractivity contribution in [2.75, 3.05) is 7.11 Å². The van der Waals surface area contributed by atoms with Gasteiger partial charge in [-0.25, -0.2) is 9.59 Å². The Bertz CT molecular complexity index is 1200. The van der Waals surface area contributed by atoms with Gasteiger partial charge in [0.15, 0.2) is 11.9 Å². The molecule has 0 saturated heterocycles. The molecule has 186 valence electrons. The third-order valence-electron chi connectivity index (χ3n) is 4.32. The van der Waals surface area contributed by atoms with E-state index in [1.54, 1.807) is 0 Å². The van der Waals surface area contributed by atoms with Crippen LogP contribution in [0.2, 0.25) is 5.02 Å². The predicted octanol–water partition coefficient (Wildman–Crippen LogP) is 4.31. The Morgan fingerprint density at radius 1 is 1.11 bits per heavy atom. The lowest BCUT2D eigenvalue weighted by Crippen LogP contribution is -2.30. The predicted molar refractivity (Wildman–Crippen MR) is 111 cm³/mol. The second-order valence-corrected chi connectivity index (χ2v) is 7.18. The van der Waals surface area contributed by atoms with Crippen LogP contribution in [0.3, 0.4) is 0 Å². The van der Waals surface area contributed by atoms with E-state index >= 15 is 0 Å². The van der Waals surface area contributed by atoms with Crippen LogP contribution in [0.15, 0.2) is 36.4 Å². The quantitative estimate of drug-likeness (QED) is 0.119. The summed E-state index contributed by atoms with van der Waals surface area (Å²) in [5.74, 6) is -5.52. The van der Waals surface area contributed by atoms with Gasteiger partial charge in [0, 0.05) is 6.07 Å². The number of carbonyl (C=O) groups excluding carboxylic acids is 4. The minimum absolute atomic E-state index is 0.227. The number of nitro benzene ring substituents is 1. The number of rotatable bonds is 9. The Kier molecular flexibility index (Phi) is 8.52. The molecule has 2 aromatic rings. The zero-order valence-electron chi connectivity index (χ0n) is 17.9. The van der Waals surface area contributed by atoms with Crippen LogP contribution in [0.4, 0.5) is 18.9 Å². The molecule has 1 unspecified atom stereocenters. The number of benzene rings is 2. The Morgan fingerprint density at radius 3 is 2.31 bits per heavy atom. The third-order valence-corrected chi connectivity index (χ3v) is 4.61. The fraction of sp³-hybridized carbons (Fsp3) is 0.238. The first-order chi connectivity index (χ1) is 16.2. The highest BCUT2D eigenvalue weighted by atomic mass is 35.5. The van der Waals surface area contributed by atoms with Crippen LogP contribution in [0.1, 0.15) is 29.3 Å².